The molecule has 1 aromatic heterocycles. The van der Waals surface area contributed by atoms with Crippen LogP contribution in [0.25, 0.3) is 0 Å². The lowest BCUT2D eigenvalue weighted by Crippen LogP contribution is -2.35. The summed E-state index contributed by atoms with van der Waals surface area (Å²) < 4.78 is 2.80. The molecule has 0 aromatic carbocycles. The molecule has 0 unspecified atom stereocenters. The number of hydrogen-bond acceptors (Lipinski definition) is 4. The molecule has 15 heavy (non-hydrogen) atoms. The van der Waals surface area contributed by atoms with Crippen molar-refractivity contribution in [3.8, 4) is 0 Å². The Morgan fingerprint density at radius 3 is 2.73 bits per heavy atom. The molecule has 4 nitrogen and oxygen atoms in total. The summed E-state index contributed by atoms with van der Waals surface area (Å²) in [5.74, 6) is 3.50. The molecule has 1 saturated heterocycles. The largest absolute Gasteiger partial charge is 0.303 e. The van der Waals surface area contributed by atoms with E-state index in [2.05, 4.69) is 19.7 Å². The Morgan fingerprint density at radius 1 is 1.40 bits per heavy atom. The Balaban J connectivity index is 1.89. The lowest BCUT2D eigenvalue weighted by molar-refractivity contribution is 0.288. The van der Waals surface area contributed by atoms with Crippen LogP contribution < -0.4 is 0 Å². The fourth-order valence-electron chi connectivity index (χ4n) is 1.73. The van der Waals surface area contributed by atoms with Crippen molar-refractivity contribution in [3.05, 3.63) is 10.6 Å². The van der Waals surface area contributed by atoms with E-state index < -0.39 is 0 Å². The normalized spacial score (nSPS) is 18.2. The fraction of sp³-hybridized carbons (Fsp3) is 0.778. The van der Waals surface area contributed by atoms with Gasteiger partial charge in [-0.05, 0) is 19.1 Å². The molecule has 1 aliphatic heterocycles. The molecule has 0 atom stereocenters. The molecule has 1 fully saturated rings. The lowest BCUT2D eigenvalue weighted by Gasteiger charge is -2.26. The summed E-state index contributed by atoms with van der Waals surface area (Å²) in [6.07, 6.45) is 0. The van der Waals surface area contributed by atoms with Gasteiger partial charge >= 0.3 is 0 Å². The average Bonchev–Trinajstić information content (AvgIpc) is 2.58. The Labute approximate surface area is 99.0 Å². The van der Waals surface area contributed by atoms with Gasteiger partial charge in [-0.2, -0.15) is 16.9 Å². The standard InChI is InChI=1S/C9H16N4S2/c1-8-10-11-9(14)13(8)3-2-12-4-6-15-7-5-12/h2-7H2,1H3,(H,11,14). The molecular formula is C9H16N4S2. The molecule has 1 aliphatic rings. The number of nitrogens with zero attached hydrogens (tertiary/aromatic N) is 3. The Hall–Kier alpha value is -0.330. The maximum absolute atomic E-state index is 5.16. The molecule has 84 valence electrons. The van der Waals surface area contributed by atoms with E-state index in [0.29, 0.717) is 0 Å². The number of H-pyrrole nitrogens is 1. The summed E-state index contributed by atoms with van der Waals surface area (Å²) in [6.45, 7) is 6.42. The van der Waals surface area contributed by atoms with Crippen molar-refractivity contribution in [2.45, 2.75) is 13.5 Å². The summed E-state index contributed by atoms with van der Waals surface area (Å²) >= 11 is 7.20. The zero-order valence-electron chi connectivity index (χ0n) is 8.90. The van der Waals surface area contributed by atoms with Crippen molar-refractivity contribution in [2.24, 2.45) is 0 Å². The number of thioether (sulfide) groups is 1. The SMILES string of the molecule is Cc1n[nH]c(=S)n1CCN1CCSCC1. The fourth-order valence-corrected chi connectivity index (χ4v) is 2.97. The highest BCUT2D eigenvalue weighted by molar-refractivity contribution is 7.99. The monoisotopic (exact) mass is 244 g/mol. The zero-order chi connectivity index (χ0) is 10.7. The Kier molecular flexibility index (Phi) is 3.82. The van der Waals surface area contributed by atoms with Gasteiger partial charge in [0.15, 0.2) is 4.77 Å². The number of aromatic amines is 1. The van der Waals surface area contributed by atoms with E-state index in [1.807, 2.05) is 18.7 Å². The van der Waals surface area contributed by atoms with E-state index in [1.54, 1.807) is 0 Å². The van der Waals surface area contributed by atoms with Gasteiger partial charge in [-0.3, -0.25) is 10.00 Å². The van der Waals surface area contributed by atoms with Gasteiger partial charge in [0, 0.05) is 37.7 Å². The zero-order valence-corrected chi connectivity index (χ0v) is 10.5. The molecule has 1 aromatic rings. The molecule has 2 heterocycles. The van der Waals surface area contributed by atoms with E-state index in [1.165, 1.54) is 24.6 Å². The summed E-state index contributed by atoms with van der Waals surface area (Å²) in [6, 6.07) is 0. The molecular weight excluding hydrogens is 228 g/mol. The van der Waals surface area contributed by atoms with Gasteiger partial charge in [-0.25, -0.2) is 0 Å². The van der Waals surface area contributed by atoms with Crippen LogP contribution in [0.4, 0.5) is 0 Å². The van der Waals surface area contributed by atoms with E-state index in [4.69, 9.17) is 12.2 Å². The average molecular weight is 244 g/mol. The van der Waals surface area contributed by atoms with Crippen LogP contribution in [-0.2, 0) is 6.54 Å². The topological polar surface area (TPSA) is 36.9 Å². The number of rotatable bonds is 3. The number of aryl methyl sites for hydroxylation is 1. The van der Waals surface area contributed by atoms with Crippen LogP contribution in [0.2, 0.25) is 0 Å². The van der Waals surface area contributed by atoms with Crippen molar-refractivity contribution >= 4 is 24.0 Å². The third-order valence-electron chi connectivity index (χ3n) is 2.69. The molecule has 6 heteroatoms. The van der Waals surface area contributed by atoms with Crippen LogP contribution in [0.15, 0.2) is 0 Å². The molecule has 2 rings (SSSR count). The first-order valence-electron chi connectivity index (χ1n) is 5.19. The van der Waals surface area contributed by atoms with E-state index in [-0.39, 0.29) is 0 Å². The minimum Gasteiger partial charge on any atom is -0.303 e. The van der Waals surface area contributed by atoms with Gasteiger partial charge in [-0.15, -0.1) is 0 Å². The lowest BCUT2D eigenvalue weighted by atomic mass is 10.4. The first-order valence-corrected chi connectivity index (χ1v) is 6.75. The summed E-state index contributed by atoms with van der Waals surface area (Å²) in [5.41, 5.74) is 0. The minimum atomic E-state index is 0.735. The summed E-state index contributed by atoms with van der Waals surface area (Å²) in [5, 5.41) is 6.92. The van der Waals surface area contributed by atoms with Crippen molar-refractivity contribution < 1.29 is 0 Å². The van der Waals surface area contributed by atoms with Crippen LogP contribution in [0.5, 0.6) is 0 Å². The van der Waals surface area contributed by atoms with Gasteiger partial charge in [0.25, 0.3) is 0 Å². The maximum atomic E-state index is 5.16. The van der Waals surface area contributed by atoms with Crippen molar-refractivity contribution in [3.63, 3.8) is 0 Å². The maximum Gasteiger partial charge on any atom is 0.195 e. The van der Waals surface area contributed by atoms with Gasteiger partial charge in [0.05, 0.1) is 0 Å². The second kappa shape index (κ2) is 5.14. The van der Waals surface area contributed by atoms with Gasteiger partial charge in [0.2, 0.25) is 0 Å². The third kappa shape index (κ3) is 2.83. The van der Waals surface area contributed by atoms with Gasteiger partial charge in [-0.1, -0.05) is 0 Å². The molecule has 0 saturated carbocycles. The van der Waals surface area contributed by atoms with Crippen LogP contribution in [0, 0.1) is 11.7 Å². The summed E-state index contributed by atoms with van der Waals surface area (Å²) in [7, 11) is 0. The second-order valence-electron chi connectivity index (χ2n) is 3.68. The second-order valence-corrected chi connectivity index (χ2v) is 5.29. The molecule has 0 amide bonds. The predicted molar refractivity (Wildman–Crippen MR) is 65.9 cm³/mol. The van der Waals surface area contributed by atoms with Crippen LogP contribution >= 0.6 is 24.0 Å². The summed E-state index contributed by atoms with van der Waals surface area (Å²) in [4.78, 5) is 2.49. The van der Waals surface area contributed by atoms with E-state index >= 15 is 0 Å². The highest BCUT2D eigenvalue weighted by Gasteiger charge is 2.10. The third-order valence-corrected chi connectivity index (χ3v) is 3.95. The molecule has 0 radical (unpaired) electrons. The number of aromatic nitrogens is 3. The van der Waals surface area contributed by atoms with E-state index in [9.17, 15) is 0 Å². The quantitative estimate of drug-likeness (QED) is 0.813. The Morgan fingerprint density at radius 2 is 2.13 bits per heavy atom. The molecule has 1 N–H and O–H groups in total. The number of nitrogens with one attached hydrogen (secondary N) is 1. The van der Waals surface area contributed by atoms with Gasteiger partial charge < -0.3 is 4.57 Å². The van der Waals surface area contributed by atoms with Crippen molar-refractivity contribution in [1.29, 1.82) is 0 Å². The van der Waals surface area contributed by atoms with Gasteiger partial charge in [0.1, 0.15) is 5.82 Å². The Bertz CT molecular complexity index is 364. The molecule has 0 bridgehead atoms. The highest BCUT2D eigenvalue weighted by atomic mass is 32.2. The first-order chi connectivity index (χ1) is 7.27. The molecule has 0 spiro atoms. The van der Waals surface area contributed by atoms with E-state index in [0.717, 1.165) is 23.7 Å². The minimum absolute atomic E-state index is 0.735. The van der Waals surface area contributed by atoms with Crippen LogP contribution in [0.3, 0.4) is 0 Å². The predicted octanol–water partition coefficient (Wildman–Crippen LogP) is 1.30. The van der Waals surface area contributed by atoms with Crippen molar-refractivity contribution in [2.75, 3.05) is 31.1 Å². The van der Waals surface area contributed by atoms with Crippen LogP contribution in [-0.4, -0.2) is 50.8 Å². The van der Waals surface area contributed by atoms with Crippen molar-refractivity contribution in [1.82, 2.24) is 19.7 Å². The molecule has 0 aliphatic carbocycles. The smallest absolute Gasteiger partial charge is 0.195 e. The number of hydrogen-bond donors (Lipinski definition) is 1. The first kappa shape index (κ1) is 11.2. The van der Waals surface area contributed by atoms with Crippen LogP contribution in [0.1, 0.15) is 5.82 Å². The highest BCUT2D eigenvalue weighted by Crippen LogP contribution is 2.09.